The van der Waals surface area contributed by atoms with Crippen LogP contribution >= 0.6 is 15.9 Å². The number of anilines is 1. The molecule has 2 aromatic carbocycles. The first-order valence-electron chi connectivity index (χ1n) is 10.8. The average Bonchev–Trinajstić information content (AvgIpc) is 3.17. The maximum absolute atomic E-state index is 12.9. The molecule has 0 amide bonds. The van der Waals surface area contributed by atoms with Crippen LogP contribution in [-0.2, 0) is 26.4 Å². The molecule has 1 atom stereocenters. The van der Waals surface area contributed by atoms with Crippen molar-refractivity contribution in [2.45, 2.75) is 52.1 Å². The Balaban J connectivity index is 1.67. The van der Waals surface area contributed by atoms with Gasteiger partial charge in [-0.2, -0.15) is 5.26 Å². The molecule has 0 unspecified atom stereocenters. The standard InChI is InChI=1S/C25H26BrN3O3/c1-4-10-25(13-21(30)32-29-20-12-18(26)8-6-15(20)2)24-19(9-11-31-25)22-17(14-27)7-5-16(3)23(22)28-24/h5-8,12,28-29H,4,9-11,13H2,1-3H3/t25-/m1/s1. The molecule has 32 heavy (non-hydrogen) atoms. The van der Waals surface area contributed by atoms with Crippen LogP contribution < -0.4 is 5.48 Å². The number of rotatable bonds is 6. The molecule has 0 spiro atoms. The summed E-state index contributed by atoms with van der Waals surface area (Å²) in [6, 6.07) is 11.9. The van der Waals surface area contributed by atoms with Gasteiger partial charge in [-0.1, -0.05) is 41.4 Å². The highest BCUT2D eigenvalue weighted by molar-refractivity contribution is 9.10. The highest BCUT2D eigenvalue weighted by Crippen LogP contribution is 2.43. The minimum atomic E-state index is -0.814. The maximum atomic E-state index is 12.9. The Morgan fingerprint density at radius 2 is 2.09 bits per heavy atom. The van der Waals surface area contributed by atoms with Crippen LogP contribution in [0.3, 0.4) is 0 Å². The van der Waals surface area contributed by atoms with Crippen LogP contribution in [-0.4, -0.2) is 17.6 Å². The number of hydrogen-bond acceptors (Lipinski definition) is 5. The van der Waals surface area contributed by atoms with Crippen LogP contribution in [0.1, 0.15) is 54.1 Å². The van der Waals surface area contributed by atoms with Crippen LogP contribution in [0.5, 0.6) is 0 Å². The number of carbonyl (C=O) groups is 1. The van der Waals surface area contributed by atoms with Crippen LogP contribution in [0.15, 0.2) is 34.8 Å². The van der Waals surface area contributed by atoms with Gasteiger partial charge in [0, 0.05) is 9.86 Å². The molecular weight excluding hydrogens is 470 g/mol. The van der Waals surface area contributed by atoms with E-state index in [9.17, 15) is 10.1 Å². The van der Waals surface area contributed by atoms with Gasteiger partial charge < -0.3 is 14.6 Å². The first kappa shape index (κ1) is 22.4. The lowest BCUT2D eigenvalue weighted by Crippen LogP contribution is -2.38. The number of carbonyl (C=O) groups excluding carboxylic acids is 1. The Kier molecular flexibility index (Phi) is 6.27. The summed E-state index contributed by atoms with van der Waals surface area (Å²) in [4.78, 5) is 21.9. The van der Waals surface area contributed by atoms with E-state index in [1.165, 1.54) is 0 Å². The molecule has 2 N–H and O–H groups in total. The highest BCUT2D eigenvalue weighted by atomic mass is 79.9. The quantitative estimate of drug-likeness (QED) is 0.412. The number of aromatic amines is 1. The second kappa shape index (κ2) is 8.97. The first-order chi connectivity index (χ1) is 15.4. The third-order valence-corrected chi connectivity index (χ3v) is 6.63. The molecule has 0 saturated heterocycles. The van der Waals surface area contributed by atoms with Gasteiger partial charge >= 0.3 is 5.97 Å². The minimum Gasteiger partial charge on any atom is -0.368 e. The van der Waals surface area contributed by atoms with Gasteiger partial charge in [-0.25, -0.2) is 10.3 Å². The summed E-state index contributed by atoms with van der Waals surface area (Å²) in [6.07, 6.45) is 2.27. The van der Waals surface area contributed by atoms with Crippen molar-refractivity contribution in [2.75, 3.05) is 12.1 Å². The Hall–Kier alpha value is -2.82. The predicted octanol–water partition coefficient (Wildman–Crippen LogP) is 5.95. The number of fused-ring (bicyclic) bond motifs is 3. The van der Waals surface area contributed by atoms with Crippen LogP contribution in [0.25, 0.3) is 10.9 Å². The van der Waals surface area contributed by atoms with E-state index in [0.717, 1.165) is 49.9 Å². The summed E-state index contributed by atoms with van der Waals surface area (Å²) in [7, 11) is 0. The zero-order chi connectivity index (χ0) is 22.9. The summed E-state index contributed by atoms with van der Waals surface area (Å²) in [5, 5.41) is 10.6. The number of nitriles is 1. The van der Waals surface area contributed by atoms with Crippen molar-refractivity contribution in [3.05, 3.63) is 62.8 Å². The highest BCUT2D eigenvalue weighted by Gasteiger charge is 2.42. The van der Waals surface area contributed by atoms with Crippen molar-refractivity contribution in [3.8, 4) is 6.07 Å². The average molecular weight is 496 g/mol. The molecule has 4 rings (SSSR count). The van der Waals surface area contributed by atoms with Crippen molar-refractivity contribution >= 4 is 38.5 Å². The van der Waals surface area contributed by atoms with Gasteiger partial charge in [-0.15, -0.1) is 0 Å². The van der Waals surface area contributed by atoms with Crippen molar-refractivity contribution < 1.29 is 14.4 Å². The number of H-pyrrole nitrogens is 1. The fraction of sp³-hybridized carbons (Fsp3) is 0.360. The lowest BCUT2D eigenvalue weighted by Gasteiger charge is -2.36. The van der Waals surface area contributed by atoms with Crippen LogP contribution in [0.4, 0.5) is 5.69 Å². The third-order valence-electron chi connectivity index (χ3n) is 6.13. The van der Waals surface area contributed by atoms with E-state index in [4.69, 9.17) is 9.57 Å². The van der Waals surface area contributed by atoms with E-state index in [1.54, 1.807) is 0 Å². The van der Waals surface area contributed by atoms with Gasteiger partial charge in [0.1, 0.15) is 5.60 Å². The van der Waals surface area contributed by atoms with Gasteiger partial charge in [-0.3, -0.25) is 0 Å². The molecule has 0 radical (unpaired) electrons. The van der Waals surface area contributed by atoms with Gasteiger partial charge in [0.15, 0.2) is 0 Å². The first-order valence-corrected chi connectivity index (χ1v) is 11.6. The molecule has 3 aromatic rings. The topological polar surface area (TPSA) is 87.1 Å². The second-order valence-electron chi connectivity index (χ2n) is 8.33. The predicted molar refractivity (Wildman–Crippen MR) is 127 cm³/mol. The molecule has 0 bridgehead atoms. The minimum absolute atomic E-state index is 0.0711. The van der Waals surface area contributed by atoms with Gasteiger partial charge in [0.2, 0.25) is 0 Å². The molecule has 0 aliphatic carbocycles. The number of nitrogens with zero attached hydrogens (tertiary/aromatic N) is 1. The second-order valence-corrected chi connectivity index (χ2v) is 9.24. The fourth-order valence-corrected chi connectivity index (χ4v) is 4.93. The lowest BCUT2D eigenvalue weighted by molar-refractivity contribution is -0.152. The Morgan fingerprint density at radius 3 is 2.84 bits per heavy atom. The van der Waals surface area contributed by atoms with Crippen molar-refractivity contribution in [1.29, 1.82) is 5.26 Å². The van der Waals surface area contributed by atoms with Gasteiger partial charge in [0.25, 0.3) is 0 Å². The Labute approximate surface area is 196 Å². The van der Waals surface area contributed by atoms with E-state index in [1.807, 2.05) is 44.2 Å². The SMILES string of the molecule is CCC[C@]1(CC(=O)ONc2cc(Br)ccc2C)OCCc2c1[nH]c1c(C)ccc(C#N)c21. The number of benzene rings is 2. The third kappa shape index (κ3) is 4.01. The number of hydrogen-bond donors (Lipinski definition) is 2. The zero-order valence-corrected chi connectivity index (χ0v) is 20.1. The van der Waals surface area contributed by atoms with E-state index >= 15 is 0 Å². The summed E-state index contributed by atoms with van der Waals surface area (Å²) in [6.45, 7) is 6.52. The van der Waals surface area contributed by atoms with Gasteiger partial charge in [0.05, 0.1) is 41.6 Å². The summed E-state index contributed by atoms with van der Waals surface area (Å²) in [5.74, 6) is -0.401. The summed E-state index contributed by atoms with van der Waals surface area (Å²) in [5.41, 5.74) is 8.28. The van der Waals surface area contributed by atoms with E-state index in [-0.39, 0.29) is 6.42 Å². The van der Waals surface area contributed by atoms with Crippen LogP contribution in [0.2, 0.25) is 0 Å². The largest absolute Gasteiger partial charge is 0.368 e. The van der Waals surface area contributed by atoms with Crippen LogP contribution in [0, 0.1) is 25.2 Å². The molecule has 1 aliphatic heterocycles. The van der Waals surface area contributed by atoms with E-state index < -0.39 is 11.6 Å². The molecule has 7 heteroatoms. The number of ether oxygens (including phenoxy) is 1. The molecule has 6 nitrogen and oxygen atoms in total. The monoisotopic (exact) mass is 495 g/mol. The number of aromatic nitrogens is 1. The van der Waals surface area contributed by atoms with E-state index in [0.29, 0.717) is 25.0 Å². The lowest BCUT2D eigenvalue weighted by atomic mass is 9.84. The normalized spacial score (nSPS) is 17.6. The molecular formula is C25H26BrN3O3. The number of halogens is 1. The molecule has 2 heterocycles. The number of nitrogens with one attached hydrogen (secondary N) is 2. The summed E-state index contributed by atoms with van der Waals surface area (Å²) < 4.78 is 7.19. The molecule has 166 valence electrons. The molecule has 1 aliphatic rings. The molecule has 0 saturated carbocycles. The van der Waals surface area contributed by atoms with Gasteiger partial charge in [-0.05, 0) is 61.6 Å². The summed E-state index contributed by atoms with van der Waals surface area (Å²) >= 11 is 3.44. The Morgan fingerprint density at radius 1 is 1.31 bits per heavy atom. The fourth-order valence-electron chi connectivity index (χ4n) is 4.57. The zero-order valence-electron chi connectivity index (χ0n) is 18.5. The van der Waals surface area contributed by atoms with E-state index in [2.05, 4.69) is 39.4 Å². The van der Waals surface area contributed by atoms with Crippen molar-refractivity contribution in [3.63, 3.8) is 0 Å². The number of aryl methyl sites for hydroxylation is 2. The molecule has 1 aromatic heterocycles. The van der Waals surface area contributed by atoms with Crippen molar-refractivity contribution in [2.24, 2.45) is 0 Å². The maximum Gasteiger partial charge on any atom is 0.335 e. The van der Waals surface area contributed by atoms with Crippen molar-refractivity contribution in [1.82, 2.24) is 4.98 Å². The smallest absolute Gasteiger partial charge is 0.335 e. The Bertz CT molecular complexity index is 1230. The molecule has 0 fully saturated rings.